The lowest BCUT2D eigenvalue weighted by Gasteiger charge is -1.88. The summed E-state index contributed by atoms with van der Waals surface area (Å²) < 4.78 is 1.38. The maximum Gasteiger partial charge on any atom is 0.251 e. The van der Waals surface area contributed by atoms with Crippen LogP contribution >= 0.6 is 0 Å². The van der Waals surface area contributed by atoms with Crippen molar-refractivity contribution in [2.75, 3.05) is 0 Å². The molecule has 0 saturated carbocycles. The maximum atomic E-state index is 10.4. The molecule has 2 heterocycles. The zero-order valence-corrected chi connectivity index (χ0v) is 5.51. The smallest absolute Gasteiger partial charge is 0.251 e. The summed E-state index contributed by atoms with van der Waals surface area (Å²) in [5.41, 5.74) is 0.410. The minimum atomic E-state index is 0.410. The summed E-state index contributed by atoms with van der Waals surface area (Å²) in [7, 11) is 0. The molecular formula is C6H4N4O. The molecule has 0 spiro atoms. The molecule has 2 rings (SSSR count). The summed E-state index contributed by atoms with van der Waals surface area (Å²) in [6.07, 6.45) is 5.15. The third-order valence-corrected chi connectivity index (χ3v) is 1.31. The number of imidazole rings is 1. The lowest BCUT2D eigenvalue weighted by Crippen LogP contribution is -1.96. The van der Waals surface area contributed by atoms with Gasteiger partial charge in [-0.1, -0.05) is 0 Å². The summed E-state index contributed by atoms with van der Waals surface area (Å²) in [6.45, 7) is 0. The van der Waals surface area contributed by atoms with E-state index < -0.39 is 0 Å². The molecule has 0 fully saturated rings. The van der Waals surface area contributed by atoms with E-state index >= 15 is 0 Å². The molecule has 54 valence electrons. The average Bonchev–Trinajstić information content (AvgIpc) is 2.47. The van der Waals surface area contributed by atoms with Gasteiger partial charge in [-0.25, -0.2) is 9.97 Å². The molecule has 0 aliphatic carbocycles. The Morgan fingerprint density at radius 2 is 2.27 bits per heavy atom. The zero-order chi connectivity index (χ0) is 7.68. The Bertz CT molecular complexity index is 394. The van der Waals surface area contributed by atoms with Crippen molar-refractivity contribution in [2.24, 2.45) is 0 Å². The summed E-state index contributed by atoms with van der Waals surface area (Å²) in [5.74, 6) is 0.439. The highest BCUT2D eigenvalue weighted by Crippen LogP contribution is 1.96. The first-order valence-electron chi connectivity index (χ1n) is 3.02. The molecular weight excluding hydrogens is 144 g/mol. The van der Waals surface area contributed by atoms with Crippen LogP contribution in [0.3, 0.4) is 0 Å². The van der Waals surface area contributed by atoms with Gasteiger partial charge in [0.1, 0.15) is 5.69 Å². The number of hydrogen-bond acceptors (Lipinski definition) is 4. The molecule has 5 nitrogen and oxygen atoms in total. The molecule has 0 N–H and O–H groups in total. The van der Waals surface area contributed by atoms with Crippen molar-refractivity contribution in [3.8, 4) is 0 Å². The van der Waals surface area contributed by atoms with E-state index in [0.29, 0.717) is 17.8 Å². The van der Waals surface area contributed by atoms with Crippen molar-refractivity contribution in [1.82, 2.24) is 19.6 Å². The highest BCUT2D eigenvalue weighted by molar-refractivity contribution is 5.72. The number of aromatic nitrogens is 4. The molecule has 0 atom stereocenters. The molecule has 0 saturated heterocycles. The van der Waals surface area contributed by atoms with Gasteiger partial charge in [0.25, 0.3) is 5.78 Å². The molecule has 0 aromatic carbocycles. The number of carbonyl (C=O) groups is 1. The van der Waals surface area contributed by atoms with Gasteiger partial charge < -0.3 is 0 Å². The maximum absolute atomic E-state index is 10.4. The van der Waals surface area contributed by atoms with Crippen LogP contribution in [0.5, 0.6) is 0 Å². The predicted octanol–water partition coefficient (Wildman–Crippen LogP) is -0.0632. The zero-order valence-electron chi connectivity index (χ0n) is 5.51. The third kappa shape index (κ3) is 0.778. The molecule has 0 aliphatic heterocycles. The van der Waals surface area contributed by atoms with Crippen LogP contribution < -0.4 is 0 Å². The van der Waals surface area contributed by atoms with Crippen LogP contribution in [0.2, 0.25) is 0 Å². The first kappa shape index (κ1) is 5.96. The van der Waals surface area contributed by atoms with Gasteiger partial charge in [0.2, 0.25) is 0 Å². The van der Waals surface area contributed by atoms with E-state index in [2.05, 4.69) is 15.1 Å². The Balaban J connectivity index is 2.86. The minimum absolute atomic E-state index is 0.410. The Labute approximate surface area is 61.7 Å². The van der Waals surface area contributed by atoms with Crippen molar-refractivity contribution in [1.29, 1.82) is 0 Å². The van der Waals surface area contributed by atoms with E-state index in [1.807, 2.05) is 0 Å². The SMILES string of the molecule is O=Cc1cnc2nccnn12. The van der Waals surface area contributed by atoms with Crippen molar-refractivity contribution in [2.45, 2.75) is 0 Å². The number of rotatable bonds is 1. The van der Waals surface area contributed by atoms with E-state index in [9.17, 15) is 4.79 Å². The molecule has 2 aromatic rings. The fraction of sp³-hybridized carbons (Fsp3) is 0. The van der Waals surface area contributed by atoms with Crippen molar-refractivity contribution >= 4 is 12.1 Å². The lowest BCUT2D eigenvalue weighted by molar-refractivity contribution is 0.111. The second-order valence-electron chi connectivity index (χ2n) is 1.96. The molecule has 0 bridgehead atoms. The van der Waals surface area contributed by atoms with Crippen LogP contribution in [0, 0.1) is 0 Å². The van der Waals surface area contributed by atoms with Crippen LogP contribution in [0.1, 0.15) is 10.5 Å². The van der Waals surface area contributed by atoms with E-state index in [-0.39, 0.29) is 0 Å². The topological polar surface area (TPSA) is 60.2 Å². The van der Waals surface area contributed by atoms with Crippen LogP contribution in [0.4, 0.5) is 0 Å². The van der Waals surface area contributed by atoms with Crippen molar-refractivity contribution < 1.29 is 4.79 Å². The van der Waals surface area contributed by atoms with E-state index in [0.717, 1.165) is 0 Å². The number of carbonyl (C=O) groups excluding carboxylic acids is 1. The van der Waals surface area contributed by atoms with Gasteiger partial charge in [-0.05, 0) is 0 Å². The number of fused-ring (bicyclic) bond motifs is 1. The van der Waals surface area contributed by atoms with Gasteiger partial charge in [0, 0.05) is 0 Å². The second-order valence-corrected chi connectivity index (χ2v) is 1.96. The van der Waals surface area contributed by atoms with Gasteiger partial charge in [-0.15, -0.1) is 0 Å². The van der Waals surface area contributed by atoms with Crippen LogP contribution in [0.25, 0.3) is 5.78 Å². The molecule has 0 amide bonds. The highest BCUT2D eigenvalue weighted by Gasteiger charge is 2.00. The van der Waals surface area contributed by atoms with Crippen molar-refractivity contribution in [3.05, 3.63) is 24.3 Å². The summed E-state index contributed by atoms with van der Waals surface area (Å²) in [6, 6.07) is 0. The minimum Gasteiger partial charge on any atom is -0.296 e. The molecule has 0 aliphatic rings. The largest absolute Gasteiger partial charge is 0.296 e. The number of hydrogen-bond donors (Lipinski definition) is 0. The molecule has 11 heavy (non-hydrogen) atoms. The van der Waals surface area contributed by atoms with Crippen molar-refractivity contribution in [3.63, 3.8) is 0 Å². The van der Waals surface area contributed by atoms with E-state index in [1.54, 1.807) is 0 Å². The van der Waals surface area contributed by atoms with Gasteiger partial charge in [0.15, 0.2) is 6.29 Å². The van der Waals surface area contributed by atoms with Crippen LogP contribution in [0.15, 0.2) is 18.6 Å². The second kappa shape index (κ2) is 2.12. The fourth-order valence-electron chi connectivity index (χ4n) is 0.832. The number of aldehydes is 1. The lowest BCUT2D eigenvalue weighted by atomic mass is 10.5. The Hall–Kier alpha value is -1.78. The Kier molecular flexibility index (Phi) is 1.15. The summed E-state index contributed by atoms with van der Waals surface area (Å²) in [5, 5.41) is 3.87. The summed E-state index contributed by atoms with van der Waals surface area (Å²) >= 11 is 0. The molecule has 5 heteroatoms. The monoisotopic (exact) mass is 148 g/mol. The van der Waals surface area contributed by atoms with Gasteiger partial charge >= 0.3 is 0 Å². The normalized spacial score (nSPS) is 10.2. The van der Waals surface area contributed by atoms with Gasteiger partial charge in [-0.2, -0.15) is 9.61 Å². The van der Waals surface area contributed by atoms with E-state index in [1.165, 1.54) is 23.1 Å². The standard InChI is InChI=1S/C6H4N4O/c11-4-5-3-8-6-7-1-2-9-10(5)6/h1-4H. The molecule has 2 aromatic heterocycles. The Morgan fingerprint density at radius 1 is 1.36 bits per heavy atom. The predicted molar refractivity (Wildman–Crippen MR) is 36.2 cm³/mol. The van der Waals surface area contributed by atoms with Gasteiger partial charge in [-0.3, -0.25) is 4.79 Å². The average molecular weight is 148 g/mol. The Morgan fingerprint density at radius 3 is 3.09 bits per heavy atom. The third-order valence-electron chi connectivity index (χ3n) is 1.31. The molecule has 0 unspecified atom stereocenters. The first-order chi connectivity index (χ1) is 5.42. The fourth-order valence-corrected chi connectivity index (χ4v) is 0.832. The quantitative estimate of drug-likeness (QED) is 0.531. The van der Waals surface area contributed by atoms with Crippen LogP contribution in [-0.2, 0) is 0 Å². The highest BCUT2D eigenvalue weighted by atomic mass is 16.1. The van der Waals surface area contributed by atoms with Crippen LogP contribution in [-0.4, -0.2) is 25.9 Å². The first-order valence-corrected chi connectivity index (χ1v) is 3.02. The number of nitrogens with zero attached hydrogens (tertiary/aromatic N) is 4. The van der Waals surface area contributed by atoms with E-state index in [4.69, 9.17) is 0 Å². The van der Waals surface area contributed by atoms with Gasteiger partial charge in [0.05, 0.1) is 18.6 Å². The summed E-state index contributed by atoms with van der Waals surface area (Å²) in [4.78, 5) is 18.1. The molecule has 0 radical (unpaired) electrons.